The van der Waals surface area contributed by atoms with Gasteiger partial charge in [0.1, 0.15) is 0 Å². The van der Waals surface area contributed by atoms with Crippen LogP contribution in [0, 0.1) is 0 Å². The molecule has 2 rings (SSSR count). The fraction of sp³-hybridized carbons (Fsp3) is 0.643. The fourth-order valence-corrected chi connectivity index (χ4v) is 2.74. The molecule has 1 aliphatic carbocycles. The second kappa shape index (κ2) is 6.01. The minimum absolute atomic E-state index is 0.747. The lowest BCUT2D eigenvalue weighted by molar-refractivity contribution is 0.154. The number of pyridine rings is 1. The standard InChI is InChI=1S/C14H23N3/c1-2-17(14-6-4-3-5-7-14)11-13-10-12(15)8-9-16-13/h8-10,14H,2-7,11H2,1H3,(H2,15,16). The van der Waals surface area contributed by atoms with Gasteiger partial charge >= 0.3 is 0 Å². The van der Waals surface area contributed by atoms with Gasteiger partial charge in [-0.15, -0.1) is 0 Å². The maximum Gasteiger partial charge on any atom is 0.0564 e. The van der Waals surface area contributed by atoms with Crippen LogP contribution in [0.25, 0.3) is 0 Å². The van der Waals surface area contributed by atoms with E-state index in [9.17, 15) is 0 Å². The summed E-state index contributed by atoms with van der Waals surface area (Å²) >= 11 is 0. The normalized spacial score (nSPS) is 17.5. The monoisotopic (exact) mass is 233 g/mol. The van der Waals surface area contributed by atoms with Crippen molar-refractivity contribution in [2.45, 2.75) is 51.6 Å². The van der Waals surface area contributed by atoms with Crippen molar-refractivity contribution in [2.24, 2.45) is 0 Å². The summed E-state index contributed by atoms with van der Waals surface area (Å²) in [6.07, 6.45) is 8.66. The number of nitrogen functional groups attached to an aromatic ring is 1. The summed E-state index contributed by atoms with van der Waals surface area (Å²) in [5.74, 6) is 0. The van der Waals surface area contributed by atoms with Crippen molar-refractivity contribution in [2.75, 3.05) is 12.3 Å². The zero-order valence-electron chi connectivity index (χ0n) is 10.7. The van der Waals surface area contributed by atoms with Crippen LogP contribution in [0.3, 0.4) is 0 Å². The molecule has 3 nitrogen and oxygen atoms in total. The molecule has 1 fully saturated rings. The van der Waals surface area contributed by atoms with Crippen LogP contribution in [0.2, 0.25) is 0 Å². The number of rotatable bonds is 4. The van der Waals surface area contributed by atoms with Crippen molar-refractivity contribution in [1.29, 1.82) is 0 Å². The van der Waals surface area contributed by atoms with Crippen LogP contribution in [0.4, 0.5) is 5.69 Å². The third-order valence-corrected chi connectivity index (χ3v) is 3.70. The summed E-state index contributed by atoms with van der Waals surface area (Å²) < 4.78 is 0. The van der Waals surface area contributed by atoms with Gasteiger partial charge in [0, 0.05) is 24.5 Å². The molecular weight excluding hydrogens is 210 g/mol. The SMILES string of the molecule is CCN(Cc1cc(N)ccn1)C1CCCCC1. The van der Waals surface area contributed by atoms with Gasteiger partial charge in [-0.25, -0.2) is 0 Å². The molecule has 3 heteroatoms. The molecule has 1 aromatic rings. The topological polar surface area (TPSA) is 42.1 Å². The van der Waals surface area contributed by atoms with Crippen LogP contribution in [-0.4, -0.2) is 22.5 Å². The van der Waals surface area contributed by atoms with Gasteiger partial charge in [-0.3, -0.25) is 9.88 Å². The first-order valence-electron chi connectivity index (χ1n) is 6.74. The van der Waals surface area contributed by atoms with E-state index in [1.54, 1.807) is 6.20 Å². The van der Waals surface area contributed by atoms with Crippen molar-refractivity contribution in [3.8, 4) is 0 Å². The summed E-state index contributed by atoms with van der Waals surface area (Å²) in [6, 6.07) is 4.59. The molecule has 0 aliphatic heterocycles. The van der Waals surface area contributed by atoms with E-state index in [0.29, 0.717) is 0 Å². The van der Waals surface area contributed by atoms with E-state index in [1.165, 1.54) is 32.1 Å². The van der Waals surface area contributed by atoms with E-state index >= 15 is 0 Å². The molecule has 0 atom stereocenters. The molecule has 1 heterocycles. The van der Waals surface area contributed by atoms with Gasteiger partial charge in [-0.05, 0) is 31.5 Å². The third kappa shape index (κ3) is 3.43. The Bertz CT molecular complexity index is 345. The van der Waals surface area contributed by atoms with Gasteiger partial charge < -0.3 is 5.73 Å². The highest BCUT2D eigenvalue weighted by Gasteiger charge is 2.20. The number of hydrogen-bond acceptors (Lipinski definition) is 3. The minimum atomic E-state index is 0.747. The quantitative estimate of drug-likeness (QED) is 0.869. The van der Waals surface area contributed by atoms with Gasteiger partial charge in [-0.1, -0.05) is 26.2 Å². The lowest BCUT2D eigenvalue weighted by atomic mass is 9.94. The molecule has 0 bridgehead atoms. The van der Waals surface area contributed by atoms with Crippen LogP contribution in [0.5, 0.6) is 0 Å². The van der Waals surface area contributed by atoms with E-state index in [0.717, 1.165) is 30.5 Å². The Balaban J connectivity index is 1.98. The molecule has 1 aromatic heterocycles. The predicted octanol–water partition coefficient (Wildman–Crippen LogP) is 2.82. The molecule has 0 spiro atoms. The summed E-state index contributed by atoms with van der Waals surface area (Å²) in [4.78, 5) is 6.94. The molecule has 1 saturated carbocycles. The van der Waals surface area contributed by atoms with E-state index in [-0.39, 0.29) is 0 Å². The summed E-state index contributed by atoms with van der Waals surface area (Å²) in [5.41, 5.74) is 7.71. The van der Waals surface area contributed by atoms with Crippen LogP contribution >= 0.6 is 0 Å². The maximum absolute atomic E-state index is 5.80. The molecule has 2 N–H and O–H groups in total. The maximum atomic E-state index is 5.80. The Labute approximate surface area is 104 Å². The molecule has 0 aromatic carbocycles. The van der Waals surface area contributed by atoms with Crippen molar-refractivity contribution >= 4 is 5.69 Å². The van der Waals surface area contributed by atoms with E-state index in [1.807, 2.05) is 12.1 Å². The summed E-state index contributed by atoms with van der Waals surface area (Å²) in [6.45, 7) is 4.27. The zero-order valence-corrected chi connectivity index (χ0v) is 10.7. The summed E-state index contributed by atoms with van der Waals surface area (Å²) in [7, 11) is 0. The molecule has 1 aliphatic rings. The first-order valence-corrected chi connectivity index (χ1v) is 6.74. The third-order valence-electron chi connectivity index (χ3n) is 3.70. The number of nitrogens with two attached hydrogens (primary N) is 1. The molecule has 17 heavy (non-hydrogen) atoms. The second-order valence-electron chi connectivity index (χ2n) is 4.94. The molecule has 0 amide bonds. The lowest BCUT2D eigenvalue weighted by Crippen LogP contribution is -2.36. The average molecular weight is 233 g/mol. The van der Waals surface area contributed by atoms with Gasteiger partial charge in [-0.2, -0.15) is 0 Å². The second-order valence-corrected chi connectivity index (χ2v) is 4.94. The Morgan fingerprint density at radius 1 is 1.35 bits per heavy atom. The first kappa shape index (κ1) is 12.4. The average Bonchev–Trinajstić information content (AvgIpc) is 2.37. The Morgan fingerprint density at radius 2 is 2.12 bits per heavy atom. The first-order chi connectivity index (χ1) is 8.29. The van der Waals surface area contributed by atoms with E-state index < -0.39 is 0 Å². The van der Waals surface area contributed by atoms with Gasteiger partial charge in [0.05, 0.1) is 5.69 Å². The van der Waals surface area contributed by atoms with Crippen LogP contribution in [-0.2, 0) is 6.54 Å². The Morgan fingerprint density at radius 3 is 2.76 bits per heavy atom. The number of anilines is 1. The van der Waals surface area contributed by atoms with Crippen molar-refractivity contribution in [3.63, 3.8) is 0 Å². The van der Waals surface area contributed by atoms with E-state index in [4.69, 9.17) is 5.73 Å². The Hall–Kier alpha value is -1.09. The number of aromatic nitrogens is 1. The van der Waals surface area contributed by atoms with Crippen LogP contribution in [0.15, 0.2) is 18.3 Å². The molecule has 0 radical (unpaired) electrons. The Kier molecular flexibility index (Phi) is 4.37. The molecule has 0 unspecified atom stereocenters. The van der Waals surface area contributed by atoms with Crippen molar-refractivity contribution < 1.29 is 0 Å². The number of hydrogen-bond donors (Lipinski definition) is 1. The fourth-order valence-electron chi connectivity index (χ4n) is 2.74. The highest BCUT2D eigenvalue weighted by Crippen LogP contribution is 2.23. The van der Waals surface area contributed by atoms with Gasteiger partial charge in [0.2, 0.25) is 0 Å². The molecule has 94 valence electrons. The number of nitrogens with zero attached hydrogens (tertiary/aromatic N) is 2. The largest absolute Gasteiger partial charge is 0.399 e. The van der Waals surface area contributed by atoms with E-state index in [2.05, 4.69) is 16.8 Å². The minimum Gasteiger partial charge on any atom is -0.399 e. The lowest BCUT2D eigenvalue weighted by Gasteiger charge is -2.33. The highest BCUT2D eigenvalue weighted by atomic mass is 15.2. The smallest absolute Gasteiger partial charge is 0.0564 e. The van der Waals surface area contributed by atoms with Gasteiger partial charge in [0.15, 0.2) is 0 Å². The van der Waals surface area contributed by atoms with Crippen molar-refractivity contribution in [1.82, 2.24) is 9.88 Å². The van der Waals surface area contributed by atoms with Gasteiger partial charge in [0.25, 0.3) is 0 Å². The summed E-state index contributed by atoms with van der Waals surface area (Å²) in [5, 5.41) is 0. The molecule has 0 saturated heterocycles. The van der Waals surface area contributed by atoms with Crippen molar-refractivity contribution in [3.05, 3.63) is 24.0 Å². The highest BCUT2D eigenvalue weighted by molar-refractivity contribution is 5.37. The van der Waals surface area contributed by atoms with Crippen LogP contribution < -0.4 is 5.73 Å². The molecular formula is C14H23N3. The zero-order chi connectivity index (χ0) is 12.1. The predicted molar refractivity (Wildman–Crippen MR) is 71.6 cm³/mol. The van der Waals surface area contributed by atoms with Crippen LogP contribution in [0.1, 0.15) is 44.7 Å².